The summed E-state index contributed by atoms with van der Waals surface area (Å²) in [6, 6.07) is 5.53. The highest BCUT2D eigenvalue weighted by atomic mass is 16.5. The normalized spacial score (nSPS) is 13.8. The van der Waals surface area contributed by atoms with Gasteiger partial charge in [-0.3, -0.25) is 5.32 Å². The van der Waals surface area contributed by atoms with Gasteiger partial charge in [0, 0.05) is 18.8 Å². The minimum absolute atomic E-state index is 0.482. The number of amides is 1. The lowest BCUT2D eigenvalue weighted by Gasteiger charge is -2.27. The molecule has 0 unspecified atom stereocenters. The van der Waals surface area contributed by atoms with Gasteiger partial charge in [0.2, 0.25) is 0 Å². The van der Waals surface area contributed by atoms with Crippen molar-refractivity contribution in [2.24, 2.45) is 0 Å². The predicted octanol–water partition coefficient (Wildman–Crippen LogP) is 1.69. The highest BCUT2D eigenvalue weighted by Crippen LogP contribution is 2.33. The number of nitrogens with zero attached hydrogens (tertiary/aromatic N) is 1. The van der Waals surface area contributed by atoms with Crippen LogP contribution in [0.25, 0.3) is 0 Å². The number of hydrogen-bond donors (Lipinski definition) is 1. The van der Waals surface area contributed by atoms with Gasteiger partial charge in [-0.15, -0.1) is 0 Å². The molecule has 0 saturated carbocycles. The number of benzene rings is 1. The Morgan fingerprint density at radius 1 is 1.56 bits per heavy atom. The van der Waals surface area contributed by atoms with E-state index in [0.29, 0.717) is 12.3 Å². The topological polar surface area (TPSA) is 50.8 Å². The molecule has 1 amide bonds. The van der Waals surface area contributed by atoms with Gasteiger partial charge in [-0.2, -0.15) is 0 Å². The van der Waals surface area contributed by atoms with Crippen molar-refractivity contribution in [3.8, 4) is 5.75 Å². The van der Waals surface area contributed by atoms with Crippen LogP contribution in [0.4, 0.5) is 16.2 Å². The number of likely N-dealkylation sites (N-methyl/N-ethyl adjacent to an activating group) is 1. The summed E-state index contributed by atoms with van der Waals surface area (Å²) in [5, 5.41) is 2.60. The van der Waals surface area contributed by atoms with Crippen LogP contribution in [0.5, 0.6) is 5.75 Å². The Bertz CT molecular complexity index is 406. The molecule has 1 heterocycles. The molecular formula is C11H14N2O3. The molecule has 0 aromatic heterocycles. The Morgan fingerprint density at radius 2 is 2.38 bits per heavy atom. The number of ether oxygens (including phenoxy) is 2. The first-order chi connectivity index (χ1) is 7.70. The van der Waals surface area contributed by atoms with Crippen LogP contribution in [-0.2, 0) is 4.74 Å². The Labute approximate surface area is 93.9 Å². The minimum Gasteiger partial charge on any atom is -0.489 e. The fourth-order valence-corrected chi connectivity index (χ4v) is 1.60. The van der Waals surface area contributed by atoms with E-state index in [1.54, 1.807) is 6.07 Å². The summed E-state index contributed by atoms with van der Waals surface area (Å²) in [7, 11) is 3.34. The predicted molar refractivity (Wildman–Crippen MR) is 61.2 cm³/mol. The van der Waals surface area contributed by atoms with Crippen LogP contribution in [0, 0.1) is 0 Å². The van der Waals surface area contributed by atoms with Crippen LogP contribution in [0.1, 0.15) is 0 Å². The molecule has 1 aliphatic rings. The largest absolute Gasteiger partial charge is 0.489 e. The van der Waals surface area contributed by atoms with Crippen molar-refractivity contribution in [2.45, 2.75) is 0 Å². The number of nitrogens with one attached hydrogen (secondary N) is 1. The molecule has 86 valence electrons. The van der Waals surface area contributed by atoms with E-state index >= 15 is 0 Å². The first-order valence-corrected chi connectivity index (χ1v) is 5.03. The first-order valence-electron chi connectivity index (χ1n) is 5.03. The Hall–Kier alpha value is -1.91. The maximum atomic E-state index is 11.0. The second-order valence-corrected chi connectivity index (χ2v) is 3.57. The summed E-state index contributed by atoms with van der Waals surface area (Å²) in [6.07, 6.45) is -0.482. The zero-order valence-corrected chi connectivity index (χ0v) is 9.32. The molecule has 0 radical (unpaired) electrons. The summed E-state index contributed by atoms with van der Waals surface area (Å²) >= 11 is 0. The smallest absolute Gasteiger partial charge is 0.411 e. The van der Waals surface area contributed by atoms with Crippen molar-refractivity contribution in [1.82, 2.24) is 0 Å². The van der Waals surface area contributed by atoms with E-state index in [-0.39, 0.29) is 0 Å². The van der Waals surface area contributed by atoms with Crippen LogP contribution in [0.15, 0.2) is 18.2 Å². The van der Waals surface area contributed by atoms with Gasteiger partial charge in [0.05, 0.1) is 19.3 Å². The maximum Gasteiger partial charge on any atom is 0.411 e. The minimum atomic E-state index is -0.482. The van der Waals surface area contributed by atoms with Crippen molar-refractivity contribution < 1.29 is 14.3 Å². The molecular weight excluding hydrogens is 208 g/mol. The number of anilines is 2. The van der Waals surface area contributed by atoms with Crippen molar-refractivity contribution >= 4 is 17.5 Å². The molecule has 5 heteroatoms. The zero-order chi connectivity index (χ0) is 11.5. The molecule has 0 spiro atoms. The van der Waals surface area contributed by atoms with Gasteiger partial charge in [0.1, 0.15) is 12.4 Å². The highest BCUT2D eigenvalue weighted by Gasteiger charge is 2.15. The van der Waals surface area contributed by atoms with Gasteiger partial charge < -0.3 is 14.4 Å². The number of hydrogen-bond acceptors (Lipinski definition) is 4. The zero-order valence-electron chi connectivity index (χ0n) is 9.32. The molecule has 0 aliphatic carbocycles. The standard InChI is InChI=1S/C11H14N2O3/c1-13-5-6-16-10-7-8(3-4-9(10)13)12-11(14)15-2/h3-4,7H,5-6H2,1-2H3,(H,12,14). The van der Waals surface area contributed by atoms with Gasteiger partial charge in [0.25, 0.3) is 0 Å². The molecule has 16 heavy (non-hydrogen) atoms. The lowest BCUT2D eigenvalue weighted by Crippen LogP contribution is -2.28. The maximum absolute atomic E-state index is 11.0. The van der Waals surface area contributed by atoms with E-state index < -0.39 is 6.09 Å². The highest BCUT2D eigenvalue weighted by molar-refractivity contribution is 5.85. The fraction of sp³-hybridized carbons (Fsp3) is 0.364. The summed E-state index contributed by atoms with van der Waals surface area (Å²) in [5.41, 5.74) is 1.70. The molecule has 2 rings (SSSR count). The van der Waals surface area contributed by atoms with Crippen LogP contribution < -0.4 is 15.0 Å². The summed E-state index contributed by atoms with van der Waals surface area (Å²) in [6.45, 7) is 1.53. The summed E-state index contributed by atoms with van der Waals surface area (Å²) < 4.78 is 10.0. The first kappa shape index (κ1) is 10.6. The van der Waals surface area contributed by atoms with Crippen LogP contribution >= 0.6 is 0 Å². The van der Waals surface area contributed by atoms with Crippen molar-refractivity contribution in [2.75, 3.05) is 37.5 Å². The van der Waals surface area contributed by atoms with E-state index in [1.807, 2.05) is 19.2 Å². The number of rotatable bonds is 1. The second-order valence-electron chi connectivity index (χ2n) is 3.57. The SMILES string of the molecule is COC(=O)Nc1ccc2c(c1)OCCN2C. The molecule has 1 N–H and O–H groups in total. The molecule has 0 atom stereocenters. The molecule has 0 fully saturated rings. The lowest BCUT2D eigenvalue weighted by molar-refractivity contribution is 0.187. The molecule has 0 bridgehead atoms. The number of carbonyl (C=O) groups is 1. The Morgan fingerprint density at radius 3 is 3.12 bits per heavy atom. The summed E-state index contributed by atoms with van der Waals surface area (Å²) in [4.78, 5) is 13.1. The van der Waals surface area contributed by atoms with Gasteiger partial charge in [-0.25, -0.2) is 4.79 Å². The van der Waals surface area contributed by atoms with E-state index in [1.165, 1.54) is 7.11 Å². The van der Waals surface area contributed by atoms with Crippen molar-refractivity contribution in [3.63, 3.8) is 0 Å². The van der Waals surface area contributed by atoms with Crippen LogP contribution in [0.3, 0.4) is 0 Å². The van der Waals surface area contributed by atoms with E-state index in [2.05, 4.69) is 15.0 Å². The quantitative estimate of drug-likeness (QED) is 0.785. The average Bonchev–Trinajstić information content (AvgIpc) is 2.29. The van der Waals surface area contributed by atoms with Crippen LogP contribution in [0.2, 0.25) is 0 Å². The third-order valence-electron chi connectivity index (χ3n) is 2.49. The van der Waals surface area contributed by atoms with E-state index in [0.717, 1.165) is 18.0 Å². The van der Waals surface area contributed by atoms with Crippen molar-refractivity contribution in [3.05, 3.63) is 18.2 Å². The monoisotopic (exact) mass is 222 g/mol. The molecule has 0 saturated heterocycles. The van der Waals surface area contributed by atoms with E-state index in [9.17, 15) is 4.79 Å². The van der Waals surface area contributed by atoms with Gasteiger partial charge in [-0.05, 0) is 12.1 Å². The molecule has 1 aromatic rings. The fourth-order valence-electron chi connectivity index (χ4n) is 1.60. The Kier molecular flexibility index (Phi) is 2.85. The Balaban J connectivity index is 2.21. The summed E-state index contributed by atoms with van der Waals surface area (Å²) in [5.74, 6) is 0.780. The van der Waals surface area contributed by atoms with E-state index in [4.69, 9.17) is 4.74 Å². The number of methoxy groups -OCH3 is 1. The third-order valence-corrected chi connectivity index (χ3v) is 2.49. The van der Waals surface area contributed by atoms with Gasteiger partial charge in [0.15, 0.2) is 0 Å². The lowest BCUT2D eigenvalue weighted by atomic mass is 10.2. The molecule has 1 aromatic carbocycles. The van der Waals surface area contributed by atoms with Gasteiger partial charge in [-0.1, -0.05) is 0 Å². The second kappa shape index (κ2) is 4.30. The number of carbonyl (C=O) groups excluding carboxylic acids is 1. The third kappa shape index (κ3) is 2.03. The molecule has 5 nitrogen and oxygen atoms in total. The average molecular weight is 222 g/mol. The number of fused-ring (bicyclic) bond motifs is 1. The van der Waals surface area contributed by atoms with Crippen LogP contribution in [-0.4, -0.2) is 33.4 Å². The van der Waals surface area contributed by atoms with Crippen molar-refractivity contribution in [1.29, 1.82) is 0 Å². The van der Waals surface area contributed by atoms with Gasteiger partial charge >= 0.3 is 6.09 Å². The molecule has 1 aliphatic heterocycles.